The second-order valence-corrected chi connectivity index (χ2v) is 5.16. The van der Waals surface area contributed by atoms with E-state index in [4.69, 9.17) is 16.9 Å². The Kier molecular flexibility index (Phi) is 4.77. The second kappa shape index (κ2) is 5.66. The lowest BCUT2D eigenvalue weighted by molar-refractivity contribution is 0.450. The van der Waals surface area contributed by atoms with Gasteiger partial charge in [-0.2, -0.15) is 0 Å². The molecule has 1 aromatic rings. The van der Waals surface area contributed by atoms with Gasteiger partial charge in [0.15, 0.2) is 0 Å². The monoisotopic (exact) mass is 259 g/mol. The number of halogens is 1. The summed E-state index contributed by atoms with van der Waals surface area (Å²) in [4.78, 5) is 1.17. The van der Waals surface area contributed by atoms with E-state index < -0.39 is 0 Å². The Hall–Kier alpha value is -0.580. The molecular formula is C11H18ClN3S. The predicted molar refractivity (Wildman–Crippen MR) is 71.5 cm³/mol. The fourth-order valence-electron chi connectivity index (χ4n) is 2.22. The van der Waals surface area contributed by atoms with E-state index in [1.165, 1.54) is 30.6 Å². The highest BCUT2D eigenvalue weighted by atomic mass is 35.5. The van der Waals surface area contributed by atoms with E-state index in [-0.39, 0.29) is 24.3 Å². The van der Waals surface area contributed by atoms with E-state index in [9.17, 15) is 0 Å². The van der Waals surface area contributed by atoms with Gasteiger partial charge in [0.1, 0.15) is 5.84 Å². The molecule has 0 aliphatic heterocycles. The van der Waals surface area contributed by atoms with Gasteiger partial charge in [-0.05, 0) is 24.8 Å². The molecule has 2 rings (SSSR count). The lowest BCUT2D eigenvalue weighted by Gasteiger charge is -2.16. The van der Waals surface area contributed by atoms with Crippen molar-refractivity contribution in [2.24, 2.45) is 17.4 Å². The molecule has 1 heterocycles. The number of nitrogens with one attached hydrogen (secondary N) is 1. The molecule has 3 nitrogen and oxygen atoms in total. The maximum absolute atomic E-state index is 7.34. The minimum atomic E-state index is 0. The van der Waals surface area contributed by atoms with Gasteiger partial charge in [0.25, 0.3) is 0 Å². The molecule has 0 bridgehead atoms. The van der Waals surface area contributed by atoms with Gasteiger partial charge in [-0.25, -0.2) is 0 Å². The maximum Gasteiger partial charge on any atom is 0.123 e. The summed E-state index contributed by atoms with van der Waals surface area (Å²) in [5.74, 6) is 0.764. The van der Waals surface area contributed by atoms with Crippen LogP contribution >= 0.6 is 23.7 Å². The number of nitrogen functional groups attached to an aromatic ring is 1. The first-order valence-electron chi connectivity index (χ1n) is 5.37. The van der Waals surface area contributed by atoms with Crippen molar-refractivity contribution in [2.75, 3.05) is 0 Å². The van der Waals surface area contributed by atoms with Crippen molar-refractivity contribution in [2.45, 2.75) is 31.7 Å². The quantitative estimate of drug-likeness (QED) is 0.577. The van der Waals surface area contributed by atoms with E-state index >= 15 is 0 Å². The lowest BCUT2D eigenvalue weighted by Crippen LogP contribution is -2.18. The Labute approximate surface area is 106 Å². The number of hydrogen-bond donors (Lipinski definition) is 3. The van der Waals surface area contributed by atoms with Crippen molar-refractivity contribution in [1.29, 1.82) is 5.41 Å². The van der Waals surface area contributed by atoms with Crippen LogP contribution in [0.15, 0.2) is 11.4 Å². The number of rotatable bonds is 3. The lowest BCUT2D eigenvalue weighted by atomic mass is 9.97. The van der Waals surface area contributed by atoms with Crippen LogP contribution in [-0.2, 0) is 0 Å². The molecule has 1 aliphatic rings. The van der Waals surface area contributed by atoms with E-state index in [0.717, 1.165) is 5.56 Å². The molecule has 1 aliphatic carbocycles. The molecule has 1 saturated carbocycles. The average molecular weight is 260 g/mol. The van der Waals surface area contributed by atoms with E-state index in [0.29, 0.717) is 5.92 Å². The Bertz CT molecular complexity index is 358. The molecule has 90 valence electrons. The van der Waals surface area contributed by atoms with Crippen LogP contribution in [0.5, 0.6) is 0 Å². The van der Waals surface area contributed by atoms with E-state index in [2.05, 4.69) is 0 Å². The first-order chi connectivity index (χ1) is 7.18. The SMILES string of the molecule is Cl.N=C(N)c1csc(C(N)C2CCCC2)c1. The second-order valence-electron chi connectivity index (χ2n) is 4.22. The standard InChI is InChI=1S/C11H17N3S.ClH/c12-10(7-3-1-2-4-7)9-5-8(6-15-9)11(13)14;/h5-7,10H,1-4,12H2,(H3,13,14);1H. The minimum absolute atomic E-state index is 0. The van der Waals surface area contributed by atoms with Crippen molar-refractivity contribution in [1.82, 2.24) is 0 Å². The summed E-state index contributed by atoms with van der Waals surface area (Å²) < 4.78 is 0. The van der Waals surface area contributed by atoms with Crippen LogP contribution in [0.4, 0.5) is 0 Å². The summed E-state index contributed by atoms with van der Waals surface area (Å²) in [6.45, 7) is 0. The molecule has 1 unspecified atom stereocenters. The fourth-order valence-corrected chi connectivity index (χ4v) is 3.22. The zero-order valence-corrected chi connectivity index (χ0v) is 10.7. The Balaban J connectivity index is 0.00000128. The number of hydrogen-bond acceptors (Lipinski definition) is 3. The van der Waals surface area contributed by atoms with Gasteiger partial charge >= 0.3 is 0 Å². The van der Waals surface area contributed by atoms with Gasteiger partial charge < -0.3 is 11.5 Å². The number of nitrogens with two attached hydrogens (primary N) is 2. The molecule has 1 fully saturated rings. The van der Waals surface area contributed by atoms with Crippen LogP contribution in [0.1, 0.15) is 42.2 Å². The maximum atomic E-state index is 7.34. The van der Waals surface area contributed by atoms with Crippen LogP contribution in [-0.4, -0.2) is 5.84 Å². The van der Waals surface area contributed by atoms with Crippen LogP contribution in [0.3, 0.4) is 0 Å². The van der Waals surface area contributed by atoms with Gasteiger partial charge in [0, 0.05) is 21.9 Å². The molecule has 0 aromatic carbocycles. The summed E-state index contributed by atoms with van der Waals surface area (Å²) in [5, 5.41) is 9.27. The molecule has 16 heavy (non-hydrogen) atoms. The van der Waals surface area contributed by atoms with Crippen molar-refractivity contribution < 1.29 is 0 Å². The smallest absolute Gasteiger partial charge is 0.123 e. The van der Waals surface area contributed by atoms with Crippen LogP contribution < -0.4 is 11.5 Å². The highest BCUT2D eigenvalue weighted by Crippen LogP contribution is 2.36. The topological polar surface area (TPSA) is 75.9 Å². The molecule has 0 spiro atoms. The molecule has 5 N–H and O–H groups in total. The number of thiophene rings is 1. The first kappa shape index (κ1) is 13.5. The van der Waals surface area contributed by atoms with Gasteiger partial charge in [0.2, 0.25) is 0 Å². The third kappa shape index (κ3) is 2.75. The third-order valence-electron chi connectivity index (χ3n) is 3.17. The van der Waals surface area contributed by atoms with Gasteiger partial charge in [0.05, 0.1) is 0 Å². The molecule has 5 heteroatoms. The highest BCUT2D eigenvalue weighted by molar-refractivity contribution is 7.10. The van der Waals surface area contributed by atoms with Crippen LogP contribution in [0.25, 0.3) is 0 Å². The van der Waals surface area contributed by atoms with Gasteiger partial charge in [-0.15, -0.1) is 23.7 Å². The van der Waals surface area contributed by atoms with Gasteiger partial charge in [-0.1, -0.05) is 12.8 Å². The van der Waals surface area contributed by atoms with Crippen LogP contribution in [0.2, 0.25) is 0 Å². The summed E-state index contributed by atoms with van der Waals surface area (Å²) in [7, 11) is 0. The summed E-state index contributed by atoms with van der Waals surface area (Å²) in [5.41, 5.74) is 12.5. The van der Waals surface area contributed by atoms with E-state index in [1.807, 2.05) is 11.4 Å². The van der Waals surface area contributed by atoms with Gasteiger partial charge in [-0.3, -0.25) is 5.41 Å². The Morgan fingerprint density at radius 3 is 2.56 bits per heavy atom. The summed E-state index contributed by atoms with van der Waals surface area (Å²) in [6.07, 6.45) is 5.11. The zero-order valence-electron chi connectivity index (χ0n) is 9.11. The van der Waals surface area contributed by atoms with E-state index in [1.54, 1.807) is 11.3 Å². The minimum Gasteiger partial charge on any atom is -0.384 e. The molecule has 0 saturated heterocycles. The van der Waals surface area contributed by atoms with Crippen molar-refractivity contribution in [3.63, 3.8) is 0 Å². The zero-order chi connectivity index (χ0) is 10.8. The largest absolute Gasteiger partial charge is 0.384 e. The Morgan fingerprint density at radius 1 is 1.44 bits per heavy atom. The fraction of sp³-hybridized carbons (Fsp3) is 0.545. The third-order valence-corrected chi connectivity index (χ3v) is 4.20. The molecule has 0 amide bonds. The molecule has 1 aromatic heterocycles. The predicted octanol–water partition coefficient (Wildman–Crippen LogP) is 2.64. The normalized spacial score (nSPS) is 18.1. The van der Waals surface area contributed by atoms with Crippen LogP contribution in [0, 0.1) is 11.3 Å². The summed E-state index contributed by atoms with van der Waals surface area (Å²) >= 11 is 1.63. The first-order valence-corrected chi connectivity index (χ1v) is 6.25. The van der Waals surface area contributed by atoms with Crippen molar-refractivity contribution in [3.8, 4) is 0 Å². The van der Waals surface area contributed by atoms with Crippen molar-refractivity contribution >= 4 is 29.6 Å². The average Bonchev–Trinajstić information content (AvgIpc) is 2.88. The summed E-state index contributed by atoms with van der Waals surface area (Å²) in [6, 6.07) is 2.11. The molecular weight excluding hydrogens is 242 g/mol. The Morgan fingerprint density at radius 2 is 2.06 bits per heavy atom. The highest BCUT2D eigenvalue weighted by Gasteiger charge is 2.24. The van der Waals surface area contributed by atoms with Crippen molar-refractivity contribution in [3.05, 3.63) is 21.9 Å². The molecule has 1 atom stereocenters. The molecule has 0 radical (unpaired) electrons. The number of amidine groups is 1.